The quantitative estimate of drug-likeness (QED) is 0.646. The maximum absolute atomic E-state index is 13.1. The van der Waals surface area contributed by atoms with Gasteiger partial charge in [0.1, 0.15) is 5.82 Å². The molecular weight excluding hydrogens is 307 g/mol. The van der Waals surface area contributed by atoms with Crippen molar-refractivity contribution in [2.24, 2.45) is 0 Å². The Morgan fingerprint density at radius 1 is 1.28 bits per heavy atom. The Morgan fingerprint density at radius 3 is 2.44 bits per heavy atom. The van der Waals surface area contributed by atoms with Gasteiger partial charge >= 0.3 is 5.69 Å². The van der Waals surface area contributed by atoms with Crippen LogP contribution < -0.4 is 5.69 Å². The van der Waals surface area contributed by atoms with Crippen LogP contribution >= 0.6 is 35.0 Å². The monoisotopic (exact) mass is 311 g/mol. The second kappa shape index (κ2) is 5.29. The summed E-state index contributed by atoms with van der Waals surface area (Å²) in [4.78, 5) is 11.2. The Labute approximate surface area is 114 Å². The molecule has 18 heavy (non-hydrogen) atoms. The van der Waals surface area contributed by atoms with Crippen molar-refractivity contribution < 1.29 is 8.87 Å². The van der Waals surface area contributed by atoms with Crippen molar-refractivity contribution in [3.8, 4) is 5.69 Å². The first-order valence-electron chi connectivity index (χ1n) is 4.58. The minimum Gasteiger partial charge on any atom is -0.243 e. The zero-order valence-corrected chi connectivity index (χ0v) is 10.9. The normalized spacial score (nSPS) is 11.2. The first kappa shape index (κ1) is 13.4. The van der Waals surface area contributed by atoms with E-state index in [1.807, 2.05) is 0 Å². The van der Waals surface area contributed by atoms with Gasteiger partial charge in [-0.2, -0.15) is 0 Å². The van der Waals surface area contributed by atoms with Crippen molar-refractivity contribution in [3.63, 3.8) is 0 Å². The summed E-state index contributed by atoms with van der Waals surface area (Å²) < 4.78 is 25.9. The summed E-state index contributed by atoms with van der Waals surface area (Å²) in [5.74, 6) is -0.471. The molecule has 1 heterocycles. The van der Waals surface area contributed by atoms with E-state index in [1.54, 1.807) is 0 Å². The Balaban J connectivity index is 2.55. The molecule has 0 saturated carbocycles. The Hall–Kier alpha value is -1.05. The molecule has 0 saturated heterocycles. The van der Waals surface area contributed by atoms with E-state index in [1.165, 1.54) is 12.1 Å². The molecule has 96 valence electrons. The summed E-state index contributed by atoms with van der Waals surface area (Å²) in [6, 6.07) is 4.93. The molecule has 1 aromatic heterocycles. The highest BCUT2D eigenvalue weighted by molar-refractivity contribution is 8.02. The van der Waals surface area contributed by atoms with Crippen LogP contribution in [0.25, 0.3) is 5.69 Å². The van der Waals surface area contributed by atoms with Crippen LogP contribution in [0, 0.1) is 5.82 Å². The van der Waals surface area contributed by atoms with Crippen molar-refractivity contribution >= 4 is 35.0 Å². The first-order chi connectivity index (χ1) is 8.49. The Morgan fingerprint density at radius 2 is 1.89 bits per heavy atom. The number of thioether (sulfide) groups is 1. The molecule has 0 fully saturated rings. The zero-order chi connectivity index (χ0) is 13.3. The third kappa shape index (κ3) is 2.68. The summed E-state index contributed by atoms with van der Waals surface area (Å²) in [5, 5.41) is 3.33. The average Bonchev–Trinajstić information content (AvgIpc) is 2.55. The number of nitrogens with zero attached hydrogens (tertiary/aromatic N) is 3. The van der Waals surface area contributed by atoms with Crippen LogP contribution in [-0.2, 0) is 0 Å². The van der Waals surface area contributed by atoms with Gasteiger partial charge in [0, 0.05) is 0 Å². The molecule has 0 N–H and O–H groups in total. The fourth-order valence-electron chi connectivity index (χ4n) is 1.29. The molecule has 1 aromatic carbocycles. The van der Waals surface area contributed by atoms with Gasteiger partial charge in [-0.25, -0.2) is 13.8 Å². The van der Waals surface area contributed by atoms with Crippen molar-refractivity contribution in [1.82, 2.24) is 14.6 Å². The smallest absolute Gasteiger partial charge is 0.243 e. The van der Waals surface area contributed by atoms with Crippen molar-refractivity contribution in [1.29, 1.82) is 0 Å². The van der Waals surface area contributed by atoms with Gasteiger partial charge in [-0.05, 0) is 40.9 Å². The van der Waals surface area contributed by atoms with Crippen LogP contribution in [0.4, 0.5) is 8.87 Å². The van der Waals surface area contributed by atoms with Crippen LogP contribution in [0.3, 0.4) is 0 Å². The average molecular weight is 312 g/mol. The summed E-state index contributed by atoms with van der Waals surface area (Å²) in [6.07, 6.45) is 0. The summed E-state index contributed by atoms with van der Waals surface area (Å²) in [7, 11) is 0. The van der Waals surface area contributed by atoms with Crippen molar-refractivity contribution in [3.05, 3.63) is 40.6 Å². The number of aromatic nitrogens is 3. The molecule has 0 bridgehead atoms. The lowest BCUT2D eigenvalue weighted by molar-refractivity contribution is 0.296. The van der Waals surface area contributed by atoms with Crippen LogP contribution in [0.5, 0.6) is 0 Å². The summed E-state index contributed by atoms with van der Waals surface area (Å²) >= 11 is 11.9. The third-order valence-electron chi connectivity index (χ3n) is 1.99. The number of rotatable bonds is 3. The lowest BCUT2D eigenvalue weighted by Gasteiger charge is -2.04. The highest BCUT2D eigenvalue weighted by Gasteiger charge is 2.17. The fourth-order valence-corrected chi connectivity index (χ4v) is 2.34. The lowest BCUT2D eigenvalue weighted by Crippen LogP contribution is -2.19. The maximum Gasteiger partial charge on any atom is 0.380 e. The zero-order valence-electron chi connectivity index (χ0n) is 8.56. The van der Waals surface area contributed by atoms with Crippen molar-refractivity contribution in [2.45, 2.75) is 9.32 Å². The van der Waals surface area contributed by atoms with Gasteiger partial charge in [-0.1, -0.05) is 27.7 Å². The van der Waals surface area contributed by atoms with Crippen LogP contribution in [-0.4, -0.2) is 18.7 Å². The largest absolute Gasteiger partial charge is 0.380 e. The topological polar surface area (TPSA) is 39.8 Å². The highest BCUT2D eigenvalue weighted by atomic mass is 35.5. The lowest BCUT2D eigenvalue weighted by atomic mass is 10.3. The molecular formula is C9H5Cl2F2N3OS. The Bertz CT molecular complexity index is 611. The Kier molecular flexibility index (Phi) is 3.94. The molecule has 2 rings (SSSR count). The van der Waals surface area contributed by atoms with Crippen LogP contribution in [0.2, 0.25) is 0 Å². The number of hydrogen-bond acceptors (Lipinski definition) is 3. The standard InChI is InChI=1S/C9H5Cl2F2N3OS/c10-7(11)18-8-14-16(13)9(17)15(8)6-3-1-5(12)2-4-6/h1-4,7H. The second-order valence-corrected chi connectivity index (χ2v) is 5.80. The molecule has 4 nitrogen and oxygen atoms in total. The van der Waals surface area contributed by atoms with Gasteiger partial charge in [0.25, 0.3) is 0 Å². The molecule has 9 heteroatoms. The number of alkyl halides is 2. The molecule has 0 aliphatic carbocycles. The van der Waals surface area contributed by atoms with Gasteiger partial charge in [-0.3, -0.25) is 0 Å². The van der Waals surface area contributed by atoms with Gasteiger partial charge < -0.3 is 0 Å². The van der Waals surface area contributed by atoms with E-state index < -0.39 is 15.7 Å². The van der Waals surface area contributed by atoms with Crippen molar-refractivity contribution in [2.75, 3.05) is 0 Å². The number of benzene rings is 1. The fraction of sp³-hybridized carbons (Fsp3) is 0.111. The van der Waals surface area contributed by atoms with E-state index in [4.69, 9.17) is 23.2 Å². The minimum atomic E-state index is -1.02. The predicted molar refractivity (Wildman–Crippen MR) is 65.6 cm³/mol. The van der Waals surface area contributed by atoms with E-state index >= 15 is 0 Å². The van der Waals surface area contributed by atoms with E-state index in [9.17, 15) is 13.7 Å². The van der Waals surface area contributed by atoms with Crippen LogP contribution in [0.1, 0.15) is 0 Å². The van der Waals surface area contributed by atoms with E-state index in [0.717, 1.165) is 28.5 Å². The number of hydrogen-bond donors (Lipinski definition) is 0. The van der Waals surface area contributed by atoms with Gasteiger partial charge in [0.15, 0.2) is 4.17 Å². The number of halogens is 4. The van der Waals surface area contributed by atoms with E-state index in [2.05, 4.69) is 5.10 Å². The SMILES string of the molecule is O=c1n(F)nc(SC(Cl)Cl)n1-c1ccc(F)cc1. The molecule has 0 aliphatic heterocycles. The minimum absolute atomic E-state index is 0.0240. The second-order valence-electron chi connectivity index (χ2n) is 3.12. The molecule has 0 unspecified atom stereocenters. The molecule has 2 aromatic rings. The summed E-state index contributed by atoms with van der Waals surface area (Å²) in [5.41, 5.74) is -0.750. The molecule has 0 aliphatic rings. The highest BCUT2D eigenvalue weighted by Crippen LogP contribution is 2.27. The molecule has 0 radical (unpaired) electrons. The van der Waals surface area contributed by atoms with E-state index in [0.29, 0.717) is 0 Å². The van der Waals surface area contributed by atoms with Gasteiger partial charge in [0.2, 0.25) is 5.16 Å². The molecule has 0 amide bonds. The van der Waals surface area contributed by atoms with Gasteiger partial charge in [0.05, 0.1) is 5.69 Å². The van der Waals surface area contributed by atoms with E-state index in [-0.39, 0.29) is 15.7 Å². The third-order valence-corrected chi connectivity index (χ3v) is 3.18. The van der Waals surface area contributed by atoms with Crippen LogP contribution in [0.15, 0.2) is 34.2 Å². The van der Waals surface area contributed by atoms with Gasteiger partial charge in [-0.15, -0.1) is 5.10 Å². The maximum atomic E-state index is 13.1. The first-order valence-corrected chi connectivity index (χ1v) is 6.33. The summed E-state index contributed by atoms with van der Waals surface area (Å²) in [6.45, 7) is 0. The predicted octanol–water partition coefficient (Wildman–Crippen LogP) is 2.76. The molecule has 0 atom stereocenters. The molecule has 0 spiro atoms.